The summed E-state index contributed by atoms with van der Waals surface area (Å²) in [6, 6.07) is 0.560. The molecule has 1 N–H and O–H groups in total. The summed E-state index contributed by atoms with van der Waals surface area (Å²) in [7, 11) is 0. The summed E-state index contributed by atoms with van der Waals surface area (Å²) in [5, 5.41) is 3.84. The van der Waals surface area contributed by atoms with Gasteiger partial charge in [-0.3, -0.25) is 0 Å². The average Bonchev–Trinajstić information content (AvgIpc) is 2.84. The molecule has 0 amide bonds. The van der Waals surface area contributed by atoms with E-state index in [1.54, 1.807) is 0 Å². The Balaban J connectivity index is 2.27. The monoisotopic (exact) mass is 297 g/mol. The molecule has 0 fully saturated rings. The SMILES string of the molecule is CC[C@@H](C)NC(C)(CC)CC1=CC=CCC2=C1C=CCC=C2. The van der Waals surface area contributed by atoms with Crippen LogP contribution in [0.3, 0.4) is 0 Å². The molecule has 1 nitrogen and oxygen atoms in total. The highest BCUT2D eigenvalue weighted by molar-refractivity contribution is 5.52. The first-order valence-electron chi connectivity index (χ1n) is 8.78. The zero-order chi connectivity index (χ0) is 16.0. The van der Waals surface area contributed by atoms with Gasteiger partial charge in [0, 0.05) is 11.6 Å². The molecule has 0 aliphatic heterocycles. The molecule has 2 aliphatic carbocycles. The van der Waals surface area contributed by atoms with E-state index in [1.165, 1.54) is 23.1 Å². The van der Waals surface area contributed by atoms with E-state index in [-0.39, 0.29) is 5.54 Å². The first-order chi connectivity index (χ1) is 10.6. The molecule has 1 unspecified atom stereocenters. The van der Waals surface area contributed by atoms with E-state index < -0.39 is 0 Å². The van der Waals surface area contributed by atoms with Gasteiger partial charge in [0.15, 0.2) is 0 Å². The van der Waals surface area contributed by atoms with Crippen LogP contribution in [0.15, 0.2) is 59.3 Å². The van der Waals surface area contributed by atoms with Gasteiger partial charge in [-0.25, -0.2) is 0 Å². The maximum Gasteiger partial charge on any atom is 0.0193 e. The van der Waals surface area contributed by atoms with Gasteiger partial charge < -0.3 is 5.32 Å². The van der Waals surface area contributed by atoms with E-state index in [0.717, 1.165) is 25.7 Å². The molecule has 2 rings (SSSR count). The Morgan fingerprint density at radius 2 is 1.95 bits per heavy atom. The lowest BCUT2D eigenvalue weighted by Gasteiger charge is -2.34. The molecule has 0 aromatic heterocycles. The van der Waals surface area contributed by atoms with Crippen molar-refractivity contribution in [2.75, 3.05) is 0 Å². The number of rotatable bonds is 6. The molecule has 0 bridgehead atoms. The van der Waals surface area contributed by atoms with Gasteiger partial charge in [0.1, 0.15) is 0 Å². The van der Waals surface area contributed by atoms with Crippen molar-refractivity contribution in [1.29, 1.82) is 0 Å². The summed E-state index contributed by atoms with van der Waals surface area (Å²) < 4.78 is 0. The van der Waals surface area contributed by atoms with Gasteiger partial charge in [0.05, 0.1) is 0 Å². The molecule has 0 saturated carbocycles. The zero-order valence-corrected chi connectivity index (χ0v) is 14.7. The van der Waals surface area contributed by atoms with Crippen molar-refractivity contribution >= 4 is 0 Å². The quantitative estimate of drug-likeness (QED) is 0.669. The van der Waals surface area contributed by atoms with Crippen LogP contribution in [0, 0.1) is 0 Å². The summed E-state index contributed by atoms with van der Waals surface area (Å²) >= 11 is 0. The Morgan fingerprint density at radius 1 is 1.18 bits per heavy atom. The molecule has 1 heteroatoms. The van der Waals surface area contributed by atoms with Gasteiger partial charge in [-0.1, -0.05) is 56.4 Å². The molecule has 2 atom stereocenters. The van der Waals surface area contributed by atoms with Crippen LogP contribution in [0.2, 0.25) is 0 Å². The molecule has 0 radical (unpaired) electrons. The van der Waals surface area contributed by atoms with Crippen molar-refractivity contribution < 1.29 is 0 Å². The zero-order valence-electron chi connectivity index (χ0n) is 14.7. The maximum atomic E-state index is 3.84. The van der Waals surface area contributed by atoms with Crippen LogP contribution in [-0.2, 0) is 0 Å². The van der Waals surface area contributed by atoms with Crippen molar-refractivity contribution in [3.05, 3.63) is 59.3 Å². The fourth-order valence-corrected chi connectivity index (χ4v) is 3.18. The number of hydrogen-bond acceptors (Lipinski definition) is 1. The predicted molar refractivity (Wildman–Crippen MR) is 98.0 cm³/mol. The first-order valence-corrected chi connectivity index (χ1v) is 8.78. The second-order valence-electron chi connectivity index (χ2n) is 6.85. The minimum Gasteiger partial charge on any atom is -0.309 e. The Hall–Kier alpha value is -1.34. The van der Waals surface area contributed by atoms with Crippen LogP contribution in [0.25, 0.3) is 0 Å². The van der Waals surface area contributed by atoms with Gasteiger partial charge >= 0.3 is 0 Å². The Labute approximate surface area is 136 Å². The lowest BCUT2D eigenvalue weighted by Crippen LogP contribution is -2.46. The molecule has 0 spiro atoms. The van der Waals surface area contributed by atoms with Crippen molar-refractivity contribution in [3.63, 3.8) is 0 Å². The summed E-state index contributed by atoms with van der Waals surface area (Å²) in [5.74, 6) is 0. The van der Waals surface area contributed by atoms with Crippen LogP contribution in [0.5, 0.6) is 0 Å². The lowest BCUT2D eigenvalue weighted by atomic mass is 9.84. The van der Waals surface area contributed by atoms with Crippen LogP contribution in [0.1, 0.15) is 59.8 Å². The van der Waals surface area contributed by atoms with E-state index in [0.29, 0.717) is 6.04 Å². The van der Waals surface area contributed by atoms with Crippen LogP contribution >= 0.6 is 0 Å². The largest absolute Gasteiger partial charge is 0.309 e. The Kier molecular flexibility index (Phi) is 6.02. The van der Waals surface area contributed by atoms with E-state index in [1.807, 2.05) is 0 Å². The first kappa shape index (κ1) is 17.0. The molecular formula is C21H31N. The van der Waals surface area contributed by atoms with E-state index in [9.17, 15) is 0 Å². The molecular weight excluding hydrogens is 266 g/mol. The van der Waals surface area contributed by atoms with Crippen molar-refractivity contribution in [2.24, 2.45) is 0 Å². The van der Waals surface area contributed by atoms with Gasteiger partial charge in [-0.15, -0.1) is 0 Å². The molecule has 22 heavy (non-hydrogen) atoms. The highest BCUT2D eigenvalue weighted by Gasteiger charge is 2.26. The fraction of sp³-hybridized carbons (Fsp3) is 0.524. The topological polar surface area (TPSA) is 12.0 Å². The maximum absolute atomic E-state index is 3.84. The lowest BCUT2D eigenvalue weighted by molar-refractivity contribution is 0.301. The number of nitrogens with one attached hydrogen (secondary N) is 1. The number of allylic oxidation sites excluding steroid dienone is 9. The molecule has 0 heterocycles. The summed E-state index contributed by atoms with van der Waals surface area (Å²) in [5.41, 5.74) is 4.51. The van der Waals surface area contributed by atoms with Crippen LogP contribution < -0.4 is 5.32 Å². The fourth-order valence-electron chi connectivity index (χ4n) is 3.18. The minimum absolute atomic E-state index is 0.154. The number of hydrogen-bond donors (Lipinski definition) is 1. The third-order valence-electron chi connectivity index (χ3n) is 4.91. The minimum atomic E-state index is 0.154. The van der Waals surface area contributed by atoms with E-state index in [4.69, 9.17) is 0 Å². The van der Waals surface area contributed by atoms with E-state index >= 15 is 0 Å². The highest BCUT2D eigenvalue weighted by Crippen LogP contribution is 2.32. The van der Waals surface area contributed by atoms with Crippen molar-refractivity contribution in [2.45, 2.75) is 71.4 Å². The standard InChI is InChI=1S/C21H31N/c1-5-17(3)22-21(4,6-2)16-19-14-11-10-13-18-12-8-7-9-15-20(18)19/h8-12,14-15,17,22H,5-7,13,16H2,1-4H3/t17-,21?/m1/s1. The second kappa shape index (κ2) is 7.78. The summed E-state index contributed by atoms with van der Waals surface area (Å²) in [6.45, 7) is 9.20. The molecule has 120 valence electrons. The van der Waals surface area contributed by atoms with Crippen LogP contribution in [-0.4, -0.2) is 11.6 Å². The third-order valence-corrected chi connectivity index (χ3v) is 4.91. The highest BCUT2D eigenvalue weighted by atomic mass is 15.0. The summed E-state index contributed by atoms with van der Waals surface area (Å²) in [6.07, 6.45) is 21.5. The Bertz CT molecular complexity index is 530. The molecule has 0 saturated heterocycles. The van der Waals surface area contributed by atoms with Gasteiger partial charge in [0.25, 0.3) is 0 Å². The van der Waals surface area contributed by atoms with Gasteiger partial charge in [0.2, 0.25) is 0 Å². The predicted octanol–water partition coefficient (Wildman–Crippen LogP) is 5.63. The smallest absolute Gasteiger partial charge is 0.0193 e. The van der Waals surface area contributed by atoms with Crippen molar-refractivity contribution in [3.8, 4) is 0 Å². The molecule has 0 aromatic carbocycles. The van der Waals surface area contributed by atoms with Crippen LogP contribution in [0.4, 0.5) is 0 Å². The Morgan fingerprint density at radius 3 is 2.68 bits per heavy atom. The second-order valence-corrected chi connectivity index (χ2v) is 6.85. The molecule has 0 aromatic rings. The van der Waals surface area contributed by atoms with Gasteiger partial charge in [-0.05, 0) is 62.7 Å². The summed E-state index contributed by atoms with van der Waals surface area (Å²) in [4.78, 5) is 0. The normalized spacial score (nSPS) is 21.7. The van der Waals surface area contributed by atoms with E-state index in [2.05, 4.69) is 75.5 Å². The average molecular weight is 297 g/mol. The van der Waals surface area contributed by atoms with Gasteiger partial charge in [-0.2, -0.15) is 0 Å². The third kappa shape index (κ3) is 4.33. The molecule has 2 aliphatic rings. The van der Waals surface area contributed by atoms with Crippen molar-refractivity contribution in [1.82, 2.24) is 5.32 Å².